The third kappa shape index (κ3) is 4.40. The van der Waals surface area contributed by atoms with E-state index in [2.05, 4.69) is 33.1 Å². The molecule has 31 heavy (non-hydrogen) atoms. The number of carbonyl (C=O) groups is 1. The molecule has 0 N–H and O–H groups in total. The number of amides is 1. The maximum absolute atomic E-state index is 13.8. The predicted octanol–water partition coefficient (Wildman–Crippen LogP) is 4.97. The summed E-state index contributed by atoms with van der Waals surface area (Å²) in [6.07, 6.45) is 3.91. The van der Waals surface area contributed by atoms with Gasteiger partial charge < -0.3 is 14.2 Å². The number of pyridine rings is 1. The molecule has 0 aliphatic carbocycles. The van der Waals surface area contributed by atoms with E-state index in [1.165, 1.54) is 5.56 Å². The molecule has 1 aromatic carbocycles. The Labute approximate surface area is 185 Å². The van der Waals surface area contributed by atoms with E-state index in [0.29, 0.717) is 19.6 Å². The molecule has 3 aromatic heterocycles. The molecular weight excluding hydrogens is 406 g/mol. The van der Waals surface area contributed by atoms with Crippen molar-refractivity contribution in [3.05, 3.63) is 89.2 Å². The number of rotatable bonds is 7. The molecule has 1 fully saturated rings. The fourth-order valence-electron chi connectivity index (χ4n) is 4.19. The summed E-state index contributed by atoms with van der Waals surface area (Å²) in [6, 6.07) is 20.3. The third-order valence-corrected chi connectivity index (χ3v) is 6.59. The summed E-state index contributed by atoms with van der Waals surface area (Å²) in [5.41, 5.74) is 3.89. The molecule has 0 unspecified atom stereocenters. The summed E-state index contributed by atoms with van der Waals surface area (Å²) >= 11 is 1.67. The van der Waals surface area contributed by atoms with Gasteiger partial charge in [0, 0.05) is 25.9 Å². The summed E-state index contributed by atoms with van der Waals surface area (Å²) in [7, 11) is 0. The average molecular weight is 432 g/mol. The number of fused-ring (bicyclic) bond motifs is 1. The molecule has 1 aliphatic rings. The molecule has 5 rings (SSSR count). The van der Waals surface area contributed by atoms with E-state index in [1.54, 1.807) is 17.5 Å². The van der Waals surface area contributed by atoms with Gasteiger partial charge in [-0.05, 0) is 48.1 Å². The minimum atomic E-state index is 0.0282. The van der Waals surface area contributed by atoms with Crippen molar-refractivity contribution in [1.29, 1.82) is 0 Å². The quantitative estimate of drug-likeness (QED) is 0.415. The maximum atomic E-state index is 13.8. The smallest absolute Gasteiger partial charge is 0.270 e. The third-order valence-electron chi connectivity index (χ3n) is 5.74. The van der Waals surface area contributed by atoms with Crippen molar-refractivity contribution in [1.82, 2.24) is 14.5 Å². The van der Waals surface area contributed by atoms with Gasteiger partial charge in [-0.2, -0.15) is 0 Å². The van der Waals surface area contributed by atoms with Crippen LogP contribution in [0.4, 0.5) is 0 Å². The Hall–Kier alpha value is -2.96. The molecule has 1 saturated heterocycles. The van der Waals surface area contributed by atoms with Gasteiger partial charge in [0.05, 0.1) is 28.6 Å². The number of thiophene rings is 1. The Morgan fingerprint density at radius 3 is 2.81 bits per heavy atom. The first-order valence-corrected chi connectivity index (χ1v) is 11.6. The number of ether oxygens (including phenoxy) is 1. The van der Waals surface area contributed by atoms with Crippen LogP contribution in [0.3, 0.4) is 0 Å². The van der Waals surface area contributed by atoms with Gasteiger partial charge in [-0.3, -0.25) is 9.78 Å². The molecule has 4 aromatic rings. The first-order valence-electron chi connectivity index (χ1n) is 10.7. The second kappa shape index (κ2) is 9.04. The topological polar surface area (TPSA) is 47.4 Å². The molecule has 4 heterocycles. The van der Waals surface area contributed by atoms with E-state index in [9.17, 15) is 4.79 Å². The molecule has 1 aliphatic heterocycles. The van der Waals surface area contributed by atoms with E-state index in [-0.39, 0.29) is 12.0 Å². The standard InChI is InChI=1S/C25H25N3O2S/c29-25(27(18-21-10-6-13-30-21)17-20-9-4-5-12-26-20)23-15-24-22(11-14-31-24)28(23)16-19-7-2-1-3-8-19/h1-5,7-9,11-12,14-15,21H,6,10,13,16-18H2/t21-/m0/s1. The predicted molar refractivity (Wildman–Crippen MR) is 123 cm³/mol. The van der Waals surface area contributed by atoms with Crippen molar-refractivity contribution >= 4 is 27.5 Å². The number of aromatic nitrogens is 2. The lowest BCUT2D eigenvalue weighted by atomic mass is 10.2. The van der Waals surface area contributed by atoms with E-state index in [4.69, 9.17) is 4.74 Å². The first kappa shape index (κ1) is 20.0. The zero-order valence-corrected chi connectivity index (χ0v) is 18.1. The summed E-state index contributed by atoms with van der Waals surface area (Å²) in [4.78, 5) is 20.2. The summed E-state index contributed by atoms with van der Waals surface area (Å²) in [5, 5.41) is 2.08. The van der Waals surface area contributed by atoms with Crippen LogP contribution in [0.15, 0.2) is 72.2 Å². The zero-order valence-electron chi connectivity index (χ0n) is 17.3. The molecule has 1 atom stereocenters. The second-order valence-corrected chi connectivity index (χ2v) is 8.86. The van der Waals surface area contributed by atoms with Crippen molar-refractivity contribution < 1.29 is 9.53 Å². The first-order chi connectivity index (χ1) is 15.3. The Kier molecular flexibility index (Phi) is 5.82. The van der Waals surface area contributed by atoms with Crippen molar-refractivity contribution in [3.63, 3.8) is 0 Å². The highest BCUT2D eigenvalue weighted by Gasteiger charge is 2.27. The lowest BCUT2D eigenvalue weighted by molar-refractivity contribution is 0.0497. The van der Waals surface area contributed by atoms with Crippen LogP contribution in [-0.4, -0.2) is 39.6 Å². The van der Waals surface area contributed by atoms with Crippen molar-refractivity contribution in [2.75, 3.05) is 13.2 Å². The number of carbonyl (C=O) groups excluding carboxylic acids is 1. The minimum absolute atomic E-state index is 0.0282. The summed E-state index contributed by atoms with van der Waals surface area (Å²) in [6.45, 7) is 2.50. The van der Waals surface area contributed by atoms with Crippen LogP contribution in [0.5, 0.6) is 0 Å². The number of hydrogen-bond donors (Lipinski definition) is 0. The van der Waals surface area contributed by atoms with Crippen molar-refractivity contribution in [2.24, 2.45) is 0 Å². The van der Waals surface area contributed by atoms with Crippen LogP contribution >= 0.6 is 11.3 Å². The van der Waals surface area contributed by atoms with Crippen molar-refractivity contribution in [3.8, 4) is 0 Å². The normalized spacial score (nSPS) is 16.1. The lowest BCUT2D eigenvalue weighted by Crippen LogP contribution is -2.38. The van der Waals surface area contributed by atoms with Gasteiger partial charge in [-0.1, -0.05) is 36.4 Å². The molecule has 158 valence electrons. The highest BCUT2D eigenvalue weighted by molar-refractivity contribution is 7.17. The maximum Gasteiger partial charge on any atom is 0.270 e. The Morgan fingerprint density at radius 1 is 1.16 bits per heavy atom. The van der Waals surface area contributed by atoms with Gasteiger partial charge in [-0.15, -0.1) is 11.3 Å². The molecule has 0 radical (unpaired) electrons. The summed E-state index contributed by atoms with van der Waals surface area (Å²) < 4.78 is 9.13. The highest BCUT2D eigenvalue weighted by atomic mass is 32.1. The lowest BCUT2D eigenvalue weighted by Gasteiger charge is -2.26. The van der Waals surface area contributed by atoms with Gasteiger partial charge in [0.25, 0.3) is 5.91 Å². The molecule has 6 heteroatoms. The fraction of sp³-hybridized carbons (Fsp3) is 0.280. The Morgan fingerprint density at radius 2 is 2.03 bits per heavy atom. The van der Waals surface area contributed by atoms with Crippen LogP contribution in [-0.2, 0) is 17.8 Å². The van der Waals surface area contributed by atoms with Gasteiger partial charge >= 0.3 is 0 Å². The van der Waals surface area contributed by atoms with E-state index < -0.39 is 0 Å². The number of benzene rings is 1. The van der Waals surface area contributed by atoms with Gasteiger partial charge in [0.2, 0.25) is 0 Å². The molecule has 0 spiro atoms. The van der Waals surface area contributed by atoms with Crippen LogP contribution < -0.4 is 0 Å². The SMILES string of the molecule is O=C(c1cc2sccc2n1Cc1ccccc1)N(Cc1ccccn1)C[C@@H]1CCCO1. The molecule has 5 nitrogen and oxygen atoms in total. The molecule has 1 amide bonds. The monoisotopic (exact) mass is 431 g/mol. The number of hydrogen-bond acceptors (Lipinski definition) is 4. The Bertz CT molecular complexity index is 1150. The van der Waals surface area contributed by atoms with Crippen LogP contribution in [0.25, 0.3) is 10.2 Å². The molecule has 0 bridgehead atoms. The van der Waals surface area contributed by atoms with Crippen LogP contribution in [0, 0.1) is 0 Å². The van der Waals surface area contributed by atoms with Crippen LogP contribution in [0.2, 0.25) is 0 Å². The molecule has 0 saturated carbocycles. The van der Waals surface area contributed by atoms with E-state index >= 15 is 0 Å². The van der Waals surface area contributed by atoms with E-state index in [0.717, 1.165) is 41.1 Å². The van der Waals surface area contributed by atoms with E-state index in [1.807, 2.05) is 47.4 Å². The number of nitrogens with zero attached hydrogens (tertiary/aromatic N) is 3. The average Bonchev–Trinajstić information content (AvgIpc) is 3.54. The van der Waals surface area contributed by atoms with Gasteiger partial charge in [0.1, 0.15) is 5.69 Å². The van der Waals surface area contributed by atoms with Crippen molar-refractivity contribution in [2.45, 2.75) is 32.0 Å². The van der Waals surface area contributed by atoms with Crippen LogP contribution in [0.1, 0.15) is 34.6 Å². The minimum Gasteiger partial charge on any atom is -0.376 e. The largest absolute Gasteiger partial charge is 0.376 e. The Balaban J connectivity index is 1.49. The highest BCUT2D eigenvalue weighted by Crippen LogP contribution is 2.28. The van der Waals surface area contributed by atoms with Gasteiger partial charge in [-0.25, -0.2) is 0 Å². The molecular formula is C25H25N3O2S. The zero-order chi connectivity index (χ0) is 21.0. The fourth-order valence-corrected chi connectivity index (χ4v) is 5.02. The summed E-state index contributed by atoms with van der Waals surface area (Å²) in [5.74, 6) is 0.0282. The van der Waals surface area contributed by atoms with Gasteiger partial charge in [0.15, 0.2) is 0 Å². The second-order valence-electron chi connectivity index (χ2n) is 7.91.